The van der Waals surface area contributed by atoms with Crippen molar-refractivity contribution in [2.24, 2.45) is 0 Å². The van der Waals surface area contributed by atoms with Gasteiger partial charge in [0.25, 0.3) is 11.8 Å². The maximum absolute atomic E-state index is 12.6. The summed E-state index contributed by atoms with van der Waals surface area (Å²) in [6.45, 7) is 1.73. The molecule has 0 radical (unpaired) electrons. The van der Waals surface area contributed by atoms with Gasteiger partial charge in [0.15, 0.2) is 0 Å². The molecule has 0 saturated carbocycles. The number of likely N-dealkylation sites (N-methyl/N-ethyl adjacent to an activating group) is 1. The number of benzene rings is 2. The fourth-order valence-electron chi connectivity index (χ4n) is 2.36. The van der Waals surface area contributed by atoms with Crippen molar-refractivity contribution in [1.29, 1.82) is 0 Å². The number of amides is 2. The lowest BCUT2D eigenvalue weighted by Gasteiger charge is -2.32. The second-order valence-electron chi connectivity index (χ2n) is 5.51. The summed E-state index contributed by atoms with van der Waals surface area (Å²) in [5.74, 6) is -0.454. The number of carbonyl (C=O) groups is 2. The van der Waals surface area contributed by atoms with Gasteiger partial charge in [-0.25, -0.2) is 0 Å². The molecule has 0 aromatic heterocycles. The zero-order chi connectivity index (χ0) is 16.2. The average molecular weight is 296 g/mol. The molecule has 0 heterocycles. The van der Waals surface area contributed by atoms with Crippen molar-refractivity contribution in [3.63, 3.8) is 0 Å². The number of carbonyl (C=O) groups excluding carboxylic acids is 2. The summed E-state index contributed by atoms with van der Waals surface area (Å²) >= 11 is 0. The van der Waals surface area contributed by atoms with Crippen molar-refractivity contribution in [2.75, 3.05) is 14.1 Å². The highest BCUT2D eigenvalue weighted by molar-refractivity contribution is 5.99. The zero-order valence-electron chi connectivity index (χ0n) is 13.0. The Morgan fingerprint density at radius 3 is 1.91 bits per heavy atom. The summed E-state index contributed by atoms with van der Waals surface area (Å²) in [4.78, 5) is 26.6. The van der Waals surface area contributed by atoms with Crippen LogP contribution in [0.15, 0.2) is 60.7 Å². The van der Waals surface area contributed by atoms with E-state index in [9.17, 15) is 9.59 Å². The molecule has 114 valence electrons. The molecule has 4 nitrogen and oxygen atoms in total. The predicted octanol–water partition coefficient (Wildman–Crippen LogP) is 2.42. The van der Waals surface area contributed by atoms with Crippen molar-refractivity contribution in [1.82, 2.24) is 10.2 Å². The molecule has 1 N–H and O–H groups in total. The molecule has 0 aliphatic carbocycles. The second-order valence-corrected chi connectivity index (χ2v) is 5.51. The molecule has 2 amide bonds. The first-order valence-electron chi connectivity index (χ1n) is 7.10. The van der Waals surface area contributed by atoms with E-state index in [1.807, 2.05) is 36.4 Å². The van der Waals surface area contributed by atoms with Crippen molar-refractivity contribution in [3.05, 3.63) is 71.8 Å². The number of hydrogen-bond donors (Lipinski definition) is 1. The lowest BCUT2D eigenvalue weighted by molar-refractivity contribution is -0.135. The maximum atomic E-state index is 12.6. The van der Waals surface area contributed by atoms with Crippen LogP contribution in [0.1, 0.15) is 22.8 Å². The van der Waals surface area contributed by atoms with Gasteiger partial charge in [-0.2, -0.15) is 0 Å². The molecular weight excluding hydrogens is 276 g/mol. The van der Waals surface area contributed by atoms with E-state index in [2.05, 4.69) is 5.32 Å². The summed E-state index contributed by atoms with van der Waals surface area (Å²) in [6, 6.07) is 18.1. The van der Waals surface area contributed by atoms with Crippen molar-refractivity contribution in [3.8, 4) is 0 Å². The standard InChI is InChI=1S/C18H20N2O2/c1-18(17(22)20(2)3,15-12-8-5-9-13-15)19-16(21)14-10-6-4-7-11-14/h4-13H,1-3H3,(H,19,21)/t18-/m0/s1. The van der Waals surface area contributed by atoms with Crippen LogP contribution in [0, 0.1) is 0 Å². The Balaban J connectivity index is 2.38. The van der Waals surface area contributed by atoms with Gasteiger partial charge in [0.1, 0.15) is 5.54 Å². The van der Waals surface area contributed by atoms with Gasteiger partial charge in [-0.3, -0.25) is 9.59 Å². The first-order chi connectivity index (χ1) is 10.4. The molecule has 0 aliphatic rings. The number of nitrogens with one attached hydrogen (secondary N) is 1. The molecule has 0 bridgehead atoms. The number of nitrogens with zero attached hydrogens (tertiary/aromatic N) is 1. The summed E-state index contributed by atoms with van der Waals surface area (Å²) in [7, 11) is 3.36. The topological polar surface area (TPSA) is 49.4 Å². The van der Waals surface area contributed by atoms with Crippen molar-refractivity contribution < 1.29 is 9.59 Å². The monoisotopic (exact) mass is 296 g/mol. The van der Waals surface area contributed by atoms with Crippen molar-refractivity contribution >= 4 is 11.8 Å². The largest absolute Gasteiger partial charge is 0.346 e. The van der Waals surface area contributed by atoms with E-state index >= 15 is 0 Å². The van der Waals surface area contributed by atoms with Gasteiger partial charge in [-0.05, 0) is 24.6 Å². The molecule has 0 aliphatic heterocycles. The summed E-state index contributed by atoms with van der Waals surface area (Å²) in [6.07, 6.45) is 0. The van der Waals surface area contributed by atoms with E-state index in [-0.39, 0.29) is 11.8 Å². The highest BCUT2D eigenvalue weighted by Gasteiger charge is 2.38. The summed E-state index contributed by atoms with van der Waals surface area (Å²) in [5, 5.41) is 2.88. The first-order valence-corrected chi connectivity index (χ1v) is 7.10. The predicted molar refractivity (Wildman–Crippen MR) is 86.4 cm³/mol. The fraction of sp³-hybridized carbons (Fsp3) is 0.222. The molecule has 0 unspecified atom stereocenters. The molecule has 2 aromatic carbocycles. The van der Waals surface area contributed by atoms with Gasteiger partial charge in [-0.1, -0.05) is 48.5 Å². The molecule has 2 rings (SSSR count). The van der Waals surface area contributed by atoms with Crippen LogP contribution in [-0.4, -0.2) is 30.8 Å². The third kappa shape index (κ3) is 3.17. The van der Waals surface area contributed by atoms with E-state index in [1.54, 1.807) is 45.3 Å². The minimum absolute atomic E-state index is 0.178. The molecule has 22 heavy (non-hydrogen) atoms. The van der Waals surface area contributed by atoms with E-state index in [0.29, 0.717) is 5.56 Å². The van der Waals surface area contributed by atoms with E-state index < -0.39 is 5.54 Å². The Labute approximate surface area is 130 Å². The maximum Gasteiger partial charge on any atom is 0.252 e. The summed E-state index contributed by atoms with van der Waals surface area (Å²) < 4.78 is 0. The fourth-order valence-corrected chi connectivity index (χ4v) is 2.36. The minimum atomic E-state index is -1.11. The van der Waals surface area contributed by atoms with Crippen LogP contribution in [0.3, 0.4) is 0 Å². The molecule has 1 atom stereocenters. The highest BCUT2D eigenvalue weighted by Crippen LogP contribution is 2.23. The molecule has 0 spiro atoms. The van der Waals surface area contributed by atoms with E-state index in [1.165, 1.54) is 4.90 Å². The van der Waals surface area contributed by atoms with E-state index in [4.69, 9.17) is 0 Å². The van der Waals surface area contributed by atoms with Gasteiger partial charge in [-0.15, -0.1) is 0 Å². The van der Waals surface area contributed by atoms with Crippen LogP contribution in [0.2, 0.25) is 0 Å². The van der Waals surface area contributed by atoms with Gasteiger partial charge >= 0.3 is 0 Å². The van der Waals surface area contributed by atoms with E-state index in [0.717, 1.165) is 5.56 Å². The Morgan fingerprint density at radius 2 is 1.41 bits per heavy atom. The third-order valence-corrected chi connectivity index (χ3v) is 3.58. The normalized spacial score (nSPS) is 13.0. The van der Waals surface area contributed by atoms with Crippen LogP contribution < -0.4 is 5.32 Å². The Kier molecular flexibility index (Phi) is 4.61. The van der Waals surface area contributed by atoms with Gasteiger partial charge in [0, 0.05) is 19.7 Å². The van der Waals surface area contributed by atoms with Crippen LogP contribution in [0.4, 0.5) is 0 Å². The quantitative estimate of drug-likeness (QED) is 0.942. The molecule has 0 saturated heterocycles. The molecular formula is C18H20N2O2. The zero-order valence-corrected chi connectivity index (χ0v) is 13.0. The minimum Gasteiger partial charge on any atom is -0.346 e. The smallest absolute Gasteiger partial charge is 0.252 e. The van der Waals surface area contributed by atoms with Crippen LogP contribution in [-0.2, 0) is 10.3 Å². The molecule has 0 fully saturated rings. The van der Waals surface area contributed by atoms with Gasteiger partial charge < -0.3 is 10.2 Å². The lowest BCUT2D eigenvalue weighted by Crippen LogP contribution is -2.54. The molecule has 2 aromatic rings. The second kappa shape index (κ2) is 6.43. The van der Waals surface area contributed by atoms with Gasteiger partial charge in [0.05, 0.1) is 0 Å². The third-order valence-electron chi connectivity index (χ3n) is 3.58. The summed E-state index contributed by atoms with van der Waals surface area (Å²) in [5.41, 5.74) is 0.159. The SMILES string of the molecule is CN(C)C(=O)[C@@](C)(NC(=O)c1ccccc1)c1ccccc1. The Morgan fingerprint density at radius 1 is 0.909 bits per heavy atom. The van der Waals surface area contributed by atoms with Crippen LogP contribution >= 0.6 is 0 Å². The van der Waals surface area contributed by atoms with Gasteiger partial charge in [0.2, 0.25) is 0 Å². The highest BCUT2D eigenvalue weighted by atomic mass is 16.2. The number of rotatable bonds is 4. The average Bonchev–Trinajstić information content (AvgIpc) is 2.55. The molecule has 4 heteroatoms. The van der Waals surface area contributed by atoms with Crippen molar-refractivity contribution in [2.45, 2.75) is 12.5 Å². The Bertz CT molecular complexity index is 653. The number of hydrogen-bond acceptors (Lipinski definition) is 2. The first kappa shape index (κ1) is 15.8. The lowest BCUT2D eigenvalue weighted by atomic mass is 9.90. The van der Waals surface area contributed by atoms with Crippen LogP contribution in [0.5, 0.6) is 0 Å². The Hall–Kier alpha value is -2.62. The van der Waals surface area contributed by atoms with Crippen LogP contribution in [0.25, 0.3) is 0 Å².